The molecule has 0 bridgehead atoms. The van der Waals surface area contributed by atoms with Crippen LogP contribution in [0.5, 0.6) is 5.88 Å². The summed E-state index contributed by atoms with van der Waals surface area (Å²) in [6, 6.07) is 0. The molecule has 114 valence electrons. The molecule has 1 rings (SSSR count). The molecule has 1 aromatic heterocycles. The van der Waals surface area contributed by atoms with Crippen LogP contribution in [0.2, 0.25) is 0 Å². The minimum atomic E-state index is 0.210. The summed E-state index contributed by atoms with van der Waals surface area (Å²) < 4.78 is 5.73. The Bertz CT molecular complexity index is 402. The molecule has 0 saturated heterocycles. The largest absolute Gasteiger partial charge is 0.476 e. The van der Waals surface area contributed by atoms with Crippen LogP contribution in [0.25, 0.3) is 0 Å². The van der Waals surface area contributed by atoms with Crippen molar-refractivity contribution < 1.29 is 4.74 Å². The van der Waals surface area contributed by atoms with Gasteiger partial charge >= 0.3 is 0 Å². The second-order valence-electron chi connectivity index (χ2n) is 4.74. The van der Waals surface area contributed by atoms with Gasteiger partial charge in [-0.15, -0.1) is 0 Å². The lowest BCUT2D eigenvalue weighted by Gasteiger charge is -2.30. The van der Waals surface area contributed by atoms with Crippen LogP contribution < -0.4 is 15.8 Å². The van der Waals surface area contributed by atoms with Gasteiger partial charge in [0.2, 0.25) is 5.88 Å². The van der Waals surface area contributed by atoms with Gasteiger partial charge in [0, 0.05) is 11.3 Å². The van der Waals surface area contributed by atoms with Crippen LogP contribution in [0.1, 0.15) is 40.0 Å². The van der Waals surface area contributed by atoms with Crippen molar-refractivity contribution in [3.05, 3.63) is 6.33 Å². The first-order valence-corrected chi connectivity index (χ1v) is 8.37. The second-order valence-corrected chi connectivity index (χ2v) is 6.01. The van der Waals surface area contributed by atoms with Crippen LogP contribution in [0.3, 0.4) is 0 Å². The van der Waals surface area contributed by atoms with Gasteiger partial charge in [0.1, 0.15) is 12.0 Å². The van der Waals surface area contributed by atoms with Gasteiger partial charge in [-0.25, -0.2) is 4.98 Å². The third-order valence-corrected chi connectivity index (χ3v) is 5.18. The molecular formula is C14H26N4OS. The molecule has 0 radical (unpaired) electrons. The van der Waals surface area contributed by atoms with Crippen LogP contribution in [-0.2, 0) is 0 Å². The standard InChI is InChI=1S/C14H26N4OS/c1-5-8-19-13-11(15)12(17-10-18-13)16-9-14(6-2,7-3)20-4/h10H,5-9,15H2,1-4H3,(H,16,17,18). The van der Waals surface area contributed by atoms with Crippen LogP contribution in [0.15, 0.2) is 6.33 Å². The molecule has 0 aliphatic carbocycles. The van der Waals surface area contributed by atoms with Crippen molar-refractivity contribution in [3.63, 3.8) is 0 Å². The van der Waals surface area contributed by atoms with Gasteiger partial charge in [-0.05, 0) is 25.5 Å². The fourth-order valence-corrected chi connectivity index (χ4v) is 2.73. The zero-order chi connectivity index (χ0) is 15.0. The summed E-state index contributed by atoms with van der Waals surface area (Å²) in [6.45, 7) is 7.91. The van der Waals surface area contributed by atoms with Gasteiger partial charge in [-0.3, -0.25) is 0 Å². The van der Waals surface area contributed by atoms with Gasteiger partial charge in [0.15, 0.2) is 5.82 Å². The predicted octanol–water partition coefficient (Wildman–Crippen LogP) is 3.18. The van der Waals surface area contributed by atoms with E-state index in [-0.39, 0.29) is 4.75 Å². The van der Waals surface area contributed by atoms with E-state index in [0.717, 1.165) is 25.8 Å². The van der Waals surface area contributed by atoms with Gasteiger partial charge in [0.05, 0.1) is 6.61 Å². The van der Waals surface area contributed by atoms with E-state index < -0.39 is 0 Å². The molecule has 6 heteroatoms. The van der Waals surface area contributed by atoms with Gasteiger partial charge < -0.3 is 15.8 Å². The number of nitrogen functional groups attached to an aromatic ring is 1. The van der Waals surface area contributed by atoms with Gasteiger partial charge in [-0.2, -0.15) is 16.7 Å². The maximum Gasteiger partial charge on any atom is 0.242 e. The number of rotatable bonds is 9. The molecule has 0 aliphatic heterocycles. The summed E-state index contributed by atoms with van der Waals surface area (Å²) in [5.41, 5.74) is 6.55. The summed E-state index contributed by atoms with van der Waals surface area (Å²) in [5, 5.41) is 3.35. The molecule has 0 unspecified atom stereocenters. The average molecular weight is 298 g/mol. The molecule has 20 heavy (non-hydrogen) atoms. The number of aromatic nitrogens is 2. The Kier molecular flexibility index (Phi) is 6.91. The number of anilines is 2. The van der Waals surface area contributed by atoms with Crippen LogP contribution in [0, 0.1) is 0 Å². The Morgan fingerprint density at radius 3 is 2.55 bits per heavy atom. The van der Waals surface area contributed by atoms with E-state index in [1.807, 2.05) is 18.7 Å². The molecule has 0 saturated carbocycles. The minimum absolute atomic E-state index is 0.210. The van der Waals surface area contributed by atoms with Crippen molar-refractivity contribution >= 4 is 23.3 Å². The zero-order valence-electron chi connectivity index (χ0n) is 12.9. The van der Waals surface area contributed by atoms with Crippen molar-refractivity contribution in [2.45, 2.75) is 44.8 Å². The van der Waals surface area contributed by atoms with Crippen molar-refractivity contribution in [2.24, 2.45) is 0 Å². The summed E-state index contributed by atoms with van der Waals surface area (Å²) >= 11 is 1.88. The molecule has 0 aromatic carbocycles. The maximum atomic E-state index is 6.06. The van der Waals surface area contributed by atoms with E-state index in [4.69, 9.17) is 10.5 Å². The third kappa shape index (κ3) is 4.16. The SMILES string of the molecule is CCCOc1ncnc(NCC(CC)(CC)SC)c1N. The molecule has 5 nitrogen and oxygen atoms in total. The van der Waals surface area contributed by atoms with E-state index in [1.54, 1.807) is 0 Å². The molecule has 0 spiro atoms. The number of hydrogen-bond acceptors (Lipinski definition) is 6. The molecule has 0 fully saturated rings. The predicted molar refractivity (Wildman–Crippen MR) is 87.5 cm³/mol. The number of nitrogens with one attached hydrogen (secondary N) is 1. The Morgan fingerprint density at radius 2 is 2.00 bits per heavy atom. The fourth-order valence-electron chi connectivity index (χ4n) is 1.94. The number of hydrogen-bond donors (Lipinski definition) is 2. The van der Waals surface area contributed by atoms with Gasteiger partial charge in [-0.1, -0.05) is 20.8 Å². The Balaban J connectivity index is 2.77. The van der Waals surface area contributed by atoms with E-state index >= 15 is 0 Å². The Hall–Kier alpha value is -1.17. The zero-order valence-corrected chi connectivity index (χ0v) is 13.7. The Labute approximate surface area is 126 Å². The number of ether oxygens (including phenoxy) is 1. The molecule has 0 amide bonds. The highest BCUT2D eigenvalue weighted by Crippen LogP contribution is 2.32. The normalized spacial score (nSPS) is 11.4. The van der Waals surface area contributed by atoms with Crippen LogP contribution >= 0.6 is 11.8 Å². The first-order valence-electron chi connectivity index (χ1n) is 7.14. The van der Waals surface area contributed by atoms with Crippen molar-refractivity contribution in [3.8, 4) is 5.88 Å². The monoisotopic (exact) mass is 298 g/mol. The van der Waals surface area contributed by atoms with E-state index in [0.29, 0.717) is 24.0 Å². The maximum absolute atomic E-state index is 6.06. The highest BCUT2D eigenvalue weighted by molar-refractivity contribution is 8.00. The third-order valence-electron chi connectivity index (χ3n) is 3.59. The summed E-state index contributed by atoms with van der Waals surface area (Å²) in [6.07, 6.45) is 6.76. The topological polar surface area (TPSA) is 73.1 Å². The minimum Gasteiger partial charge on any atom is -0.476 e. The lowest BCUT2D eigenvalue weighted by Crippen LogP contribution is -2.32. The lowest BCUT2D eigenvalue weighted by atomic mass is 10.0. The molecule has 3 N–H and O–H groups in total. The summed E-state index contributed by atoms with van der Waals surface area (Å²) in [7, 11) is 0. The number of nitrogens with two attached hydrogens (primary N) is 1. The smallest absolute Gasteiger partial charge is 0.242 e. The van der Waals surface area contributed by atoms with Crippen molar-refractivity contribution in [2.75, 3.05) is 30.5 Å². The quantitative estimate of drug-likeness (QED) is 0.729. The van der Waals surface area contributed by atoms with Crippen LogP contribution in [-0.4, -0.2) is 34.1 Å². The van der Waals surface area contributed by atoms with E-state index in [1.165, 1.54) is 6.33 Å². The first-order chi connectivity index (χ1) is 9.62. The van der Waals surface area contributed by atoms with E-state index in [9.17, 15) is 0 Å². The number of nitrogens with zero attached hydrogens (tertiary/aromatic N) is 2. The van der Waals surface area contributed by atoms with E-state index in [2.05, 4.69) is 35.4 Å². The molecule has 0 aliphatic rings. The van der Waals surface area contributed by atoms with Gasteiger partial charge in [0.25, 0.3) is 0 Å². The molecular weight excluding hydrogens is 272 g/mol. The number of thioether (sulfide) groups is 1. The van der Waals surface area contributed by atoms with Crippen LogP contribution in [0.4, 0.5) is 11.5 Å². The Morgan fingerprint density at radius 1 is 1.30 bits per heavy atom. The first kappa shape index (κ1) is 16.9. The average Bonchev–Trinajstić information content (AvgIpc) is 2.49. The van der Waals surface area contributed by atoms with Crippen molar-refractivity contribution in [1.82, 2.24) is 9.97 Å². The molecule has 0 atom stereocenters. The fraction of sp³-hybridized carbons (Fsp3) is 0.714. The molecule has 1 aromatic rings. The summed E-state index contributed by atoms with van der Waals surface area (Å²) in [4.78, 5) is 8.29. The highest BCUT2D eigenvalue weighted by atomic mass is 32.2. The van der Waals surface area contributed by atoms with Crippen molar-refractivity contribution in [1.29, 1.82) is 0 Å². The highest BCUT2D eigenvalue weighted by Gasteiger charge is 2.25. The summed E-state index contributed by atoms with van der Waals surface area (Å²) in [5.74, 6) is 1.12. The molecule has 1 heterocycles. The lowest BCUT2D eigenvalue weighted by molar-refractivity contribution is 0.306. The second kappa shape index (κ2) is 8.19.